The number of primary amides is 1. The van der Waals surface area contributed by atoms with Crippen LogP contribution in [0.2, 0.25) is 0 Å². The lowest BCUT2D eigenvalue weighted by Gasteiger charge is -2.12. The van der Waals surface area contributed by atoms with Gasteiger partial charge in [0.15, 0.2) is 0 Å². The lowest BCUT2D eigenvalue weighted by Crippen LogP contribution is -2.13. The number of pyridine rings is 2. The van der Waals surface area contributed by atoms with Crippen LogP contribution in [-0.4, -0.2) is 21.8 Å². The van der Waals surface area contributed by atoms with Crippen LogP contribution in [0.4, 0.5) is 5.69 Å². The van der Waals surface area contributed by atoms with E-state index in [0.717, 1.165) is 21.7 Å². The van der Waals surface area contributed by atoms with Crippen molar-refractivity contribution in [3.8, 4) is 16.3 Å². The highest BCUT2D eigenvalue weighted by molar-refractivity contribution is 7.13. The molecule has 0 bridgehead atoms. The van der Waals surface area contributed by atoms with Crippen molar-refractivity contribution in [3.05, 3.63) is 94.8 Å². The van der Waals surface area contributed by atoms with Crippen molar-refractivity contribution < 1.29 is 14.3 Å². The number of aromatic nitrogens is 2. The fourth-order valence-electron chi connectivity index (χ4n) is 3.00. The molecule has 3 heterocycles. The molecule has 8 heteroatoms. The second-order valence-corrected chi connectivity index (χ2v) is 8.01. The van der Waals surface area contributed by atoms with E-state index in [2.05, 4.69) is 15.3 Å². The number of thiophene rings is 1. The number of anilines is 1. The van der Waals surface area contributed by atoms with Gasteiger partial charge in [0.25, 0.3) is 5.91 Å². The molecule has 0 aliphatic rings. The quantitative estimate of drug-likeness (QED) is 0.438. The van der Waals surface area contributed by atoms with Gasteiger partial charge in [-0.25, -0.2) is 0 Å². The third-order valence-corrected chi connectivity index (χ3v) is 5.69. The lowest BCUT2D eigenvalue weighted by atomic mass is 10.1. The monoisotopic (exact) mass is 444 g/mol. The zero-order chi connectivity index (χ0) is 22.5. The Bertz CT molecular complexity index is 1250. The highest BCUT2D eigenvalue weighted by Gasteiger charge is 2.10. The molecule has 4 rings (SSSR count). The van der Waals surface area contributed by atoms with Crippen LogP contribution in [-0.2, 0) is 6.61 Å². The number of amides is 2. The van der Waals surface area contributed by atoms with Gasteiger partial charge in [0, 0.05) is 18.1 Å². The number of nitrogens with one attached hydrogen (secondary N) is 1. The summed E-state index contributed by atoms with van der Waals surface area (Å²) in [5, 5.41) is 4.88. The first-order valence-electron chi connectivity index (χ1n) is 9.78. The fourth-order valence-corrected chi connectivity index (χ4v) is 3.70. The summed E-state index contributed by atoms with van der Waals surface area (Å²) < 4.78 is 5.76. The second kappa shape index (κ2) is 9.40. The summed E-state index contributed by atoms with van der Waals surface area (Å²) in [7, 11) is 0. The Kier molecular flexibility index (Phi) is 6.23. The number of benzene rings is 1. The number of carbonyl (C=O) groups is 2. The number of carbonyl (C=O) groups excluding carboxylic acids is 2. The number of ether oxygens (including phenoxy) is 1. The number of hydrogen-bond acceptors (Lipinski definition) is 6. The topological polar surface area (TPSA) is 107 Å². The van der Waals surface area contributed by atoms with Gasteiger partial charge in [-0.05, 0) is 59.8 Å². The first-order valence-corrected chi connectivity index (χ1v) is 10.7. The molecule has 0 atom stereocenters. The minimum Gasteiger partial charge on any atom is -0.487 e. The van der Waals surface area contributed by atoms with Gasteiger partial charge < -0.3 is 15.8 Å². The average molecular weight is 445 g/mol. The average Bonchev–Trinajstić information content (AvgIpc) is 3.35. The number of nitrogens with zero attached hydrogens (tertiary/aromatic N) is 2. The van der Waals surface area contributed by atoms with Gasteiger partial charge in [-0.15, -0.1) is 11.3 Å². The number of nitrogens with two attached hydrogens (primary N) is 1. The van der Waals surface area contributed by atoms with Gasteiger partial charge in [0.1, 0.15) is 12.4 Å². The van der Waals surface area contributed by atoms with E-state index in [1.807, 2.05) is 48.7 Å². The molecule has 0 spiro atoms. The van der Waals surface area contributed by atoms with E-state index in [4.69, 9.17) is 10.5 Å². The fraction of sp³-hybridized carbons (Fsp3) is 0.0833. The van der Waals surface area contributed by atoms with Gasteiger partial charge in [0.2, 0.25) is 5.91 Å². The first-order chi connectivity index (χ1) is 15.5. The summed E-state index contributed by atoms with van der Waals surface area (Å²) in [5.74, 6) is -0.377. The highest BCUT2D eigenvalue weighted by atomic mass is 32.1. The highest BCUT2D eigenvalue weighted by Crippen LogP contribution is 2.23. The van der Waals surface area contributed by atoms with Gasteiger partial charge >= 0.3 is 0 Å². The van der Waals surface area contributed by atoms with Crippen molar-refractivity contribution in [3.63, 3.8) is 0 Å². The van der Waals surface area contributed by atoms with Crippen LogP contribution >= 0.6 is 11.3 Å². The van der Waals surface area contributed by atoms with E-state index in [9.17, 15) is 9.59 Å². The molecule has 32 heavy (non-hydrogen) atoms. The molecule has 0 saturated carbocycles. The predicted octanol–water partition coefficient (Wildman–Crippen LogP) is 4.44. The third-order valence-electron chi connectivity index (χ3n) is 4.80. The Morgan fingerprint density at radius 2 is 1.94 bits per heavy atom. The molecule has 3 N–H and O–H groups in total. The van der Waals surface area contributed by atoms with Crippen molar-refractivity contribution in [2.75, 3.05) is 5.32 Å². The Labute approximate surface area is 188 Å². The maximum absolute atomic E-state index is 12.7. The zero-order valence-electron chi connectivity index (χ0n) is 17.2. The van der Waals surface area contributed by atoms with Crippen molar-refractivity contribution >= 4 is 28.8 Å². The second-order valence-electron chi connectivity index (χ2n) is 7.07. The van der Waals surface area contributed by atoms with E-state index in [0.29, 0.717) is 17.0 Å². The van der Waals surface area contributed by atoms with E-state index in [-0.39, 0.29) is 18.1 Å². The summed E-state index contributed by atoms with van der Waals surface area (Å²) in [4.78, 5) is 33.4. The van der Waals surface area contributed by atoms with Crippen LogP contribution in [0.25, 0.3) is 10.6 Å². The summed E-state index contributed by atoms with van der Waals surface area (Å²) in [5.41, 5.74) is 9.40. The minimum atomic E-state index is -0.568. The van der Waals surface area contributed by atoms with Crippen molar-refractivity contribution in [2.45, 2.75) is 13.5 Å². The largest absolute Gasteiger partial charge is 0.487 e. The standard InChI is InChI=1S/C24H20N4O3S/c1-15-4-6-19(9-18(15)14-31-20-10-17(23(25)29)11-26-13-20)28-24(30)16-5-7-21(27-12-16)22-3-2-8-32-22/h2-13H,14H2,1H3,(H2,25,29)(H,28,30). The normalized spacial score (nSPS) is 10.5. The summed E-state index contributed by atoms with van der Waals surface area (Å²) in [6.45, 7) is 2.20. The molecule has 0 fully saturated rings. The third kappa shape index (κ3) is 4.98. The maximum atomic E-state index is 12.7. The molecule has 1 aromatic carbocycles. The summed E-state index contributed by atoms with van der Waals surface area (Å²) in [6, 6.07) is 14.7. The Hall–Kier alpha value is -4.04. The summed E-state index contributed by atoms with van der Waals surface area (Å²) >= 11 is 1.60. The number of rotatable bonds is 7. The SMILES string of the molecule is Cc1ccc(NC(=O)c2ccc(-c3cccs3)nc2)cc1COc1cncc(C(N)=O)c1. The molecule has 160 valence electrons. The van der Waals surface area contributed by atoms with Crippen molar-refractivity contribution in [1.82, 2.24) is 9.97 Å². The number of hydrogen-bond donors (Lipinski definition) is 2. The molecular weight excluding hydrogens is 424 g/mol. The summed E-state index contributed by atoms with van der Waals surface area (Å²) in [6.07, 6.45) is 4.47. The maximum Gasteiger partial charge on any atom is 0.257 e. The van der Waals surface area contributed by atoms with Crippen molar-refractivity contribution in [1.29, 1.82) is 0 Å². The van der Waals surface area contributed by atoms with Crippen LogP contribution in [0, 0.1) is 6.92 Å². The van der Waals surface area contributed by atoms with Gasteiger partial charge in [-0.2, -0.15) is 0 Å². The molecule has 0 radical (unpaired) electrons. The van der Waals surface area contributed by atoms with Crippen LogP contribution < -0.4 is 15.8 Å². The van der Waals surface area contributed by atoms with E-state index < -0.39 is 5.91 Å². The van der Waals surface area contributed by atoms with Gasteiger partial charge in [-0.3, -0.25) is 19.6 Å². The lowest BCUT2D eigenvalue weighted by molar-refractivity contribution is 0.0997. The van der Waals surface area contributed by atoms with Crippen LogP contribution in [0.3, 0.4) is 0 Å². The van der Waals surface area contributed by atoms with Gasteiger partial charge in [0.05, 0.1) is 27.9 Å². The van der Waals surface area contributed by atoms with E-state index in [1.54, 1.807) is 29.7 Å². The Balaban J connectivity index is 1.43. The minimum absolute atomic E-state index is 0.246. The Morgan fingerprint density at radius 3 is 2.66 bits per heavy atom. The molecule has 0 aliphatic carbocycles. The molecule has 0 aliphatic heterocycles. The first kappa shape index (κ1) is 21.2. The Morgan fingerprint density at radius 1 is 1.06 bits per heavy atom. The smallest absolute Gasteiger partial charge is 0.257 e. The molecule has 0 unspecified atom stereocenters. The molecular formula is C24H20N4O3S. The van der Waals surface area contributed by atoms with Gasteiger partial charge in [-0.1, -0.05) is 12.1 Å². The zero-order valence-corrected chi connectivity index (χ0v) is 18.1. The molecule has 4 aromatic rings. The molecule has 3 aromatic heterocycles. The number of aryl methyl sites for hydroxylation is 1. The predicted molar refractivity (Wildman–Crippen MR) is 124 cm³/mol. The molecule has 7 nitrogen and oxygen atoms in total. The molecule has 2 amide bonds. The van der Waals surface area contributed by atoms with Crippen LogP contribution in [0.5, 0.6) is 5.75 Å². The van der Waals surface area contributed by atoms with E-state index >= 15 is 0 Å². The van der Waals surface area contributed by atoms with E-state index in [1.165, 1.54) is 12.4 Å². The molecule has 0 saturated heterocycles. The van der Waals surface area contributed by atoms with Crippen LogP contribution in [0.15, 0.2) is 72.5 Å². The van der Waals surface area contributed by atoms with Crippen molar-refractivity contribution in [2.24, 2.45) is 5.73 Å². The van der Waals surface area contributed by atoms with Crippen LogP contribution in [0.1, 0.15) is 31.8 Å².